The molecule has 1 aliphatic carbocycles. The molecule has 1 heterocycles. The summed E-state index contributed by atoms with van der Waals surface area (Å²) in [7, 11) is 0. The molecule has 0 bridgehead atoms. The van der Waals surface area contributed by atoms with E-state index in [1.165, 1.54) is 40.7 Å². The predicted octanol–water partition coefficient (Wildman–Crippen LogP) is 5.65. The Morgan fingerprint density at radius 1 is 0.962 bits per heavy atom. The summed E-state index contributed by atoms with van der Waals surface area (Å²) < 4.78 is 11.5. The smallest absolute Gasteiger partial charge is 0.157 e. The van der Waals surface area contributed by atoms with Gasteiger partial charge in [-0.3, -0.25) is 0 Å². The average Bonchev–Trinajstić information content (AvgIpc) is 2.72. The fourth-order valence-corrected chi connectivity index (χ4v) is 4.05. The zero-order chi connectivity index (χ0) is 17.6. The fraction of sp³-hybridized carbons (Fsp3) is 0.417. The van der Waals surface area contributed by atoms with Crippen LogP contribution >= 0.6 is 0 Å². The van der Waals surface area contributed by atoms with Crippen LogP contribution < -0.4 is 0 Å². The van der Waals surface area contributed by atoms with Crippen molar-refractivity contribution in [1.29, 1.82) is 0 Å². The minimum Gasteiger partial charge on any atom is -0.353 e. The maximum Gasteiger partial charge on any atom is 0.157 e. The first kappa shape index (κ1) is 17.5. The fourth-order valence-electron chi connectivity index (χ4n) is 4.05. The maximum absolute atomic E-state index is 5.89. The third kappa shape index (κ3) is 4.25. The van der Waals surface area contributed by atoms with Gasteiger partial charge in [0.05, 0.1) is 6.61 Å². The van der Waals surface area contributed by atoms with Crippen molar-refractivity contribution in [3.63, 3.8) is 0 Å². The Balaban J connectivity index is 1.38. The van der Waals surface area contributed by atoms with Crippen LogP contribution in [0.3, 0.4) is 0 Å². The van der Waals surface area contributed by atoms with E-state index in [1.807, 2.05) is 0 Å². The Labute approximate surface area is 156 Å². The maximum atomic E-state index is 5.89. The molecule has 1 saturated heterocycles. The van der Waals surface area contributed by atoms with E-state index in [9.17, 15) is 0 Å². The molecular formula is C24H28O2. The number of hydrogen-bond acceptors (Lipinski definition) is 2. The predicted molar refractivity (Wildman–Crippen MR) is 107 cm³/mol. The topological polar surface area (TPSA) is 18.5 Å². The van der Waals surface area contributed by atoms with Gasteiger partial charge in [-0.2, -0.15) is 0 Å². The Hall–Kier alpha value is -1.90. The van der Waals surface area contributed by atoms with Gasteiger partial charge in [0.25, 0.3) is 0 Å². The molecule has 0 N–H and O–H groups in total. The molecule has 2 aliphatic rings. The van der Waals surface area contributed by atoms with Gasteiger partial charge in [-0.15, -0.1) is 0 Å². The summed E-state index contributed by atoms with van der Waals surface area (Å²) in [5, 5.41) is 0. The van der Waals surface area contributed by atoms with Crippen molar-refractivity contribution in [2.45, 2.75) is 51.2 Å². The third-order valence-electron chi connectivity index (χ3n) is 5.46. The summed E-state index contributed by atoms with van der Waals surface area (Å²) in [4.78, 5) is 0. The van der Waals surface area contributed by atoms with E-state index in [0.29, 0.717) is 0 Å². The first-order valence-electron chi connectivity index (χ1n) is 10.00. The van der Waals surface area contributed by atoms with E-state index in [0.717, 1.165) is 45.3 Å². The van der Waals surface area contributed by atoms with Crippen molar-refractivity contribution in [2.24, 2.45) is 0 Å². The first-order valence-corrected chi connectivity index (χ1v) is 10.00. The van der Waals surface area contributed by atoms with Crippen LogP contribution in [-0.2, 0) is 22.3 Å². The van der Waals surface area contributed by atoms with Crippen LogP contribution in [-0.4, -0.2) is 19.5 Å². The van der Waals surface area contributed by atoms with Crippen molar-refractivity contribution >= 4 is 11.6 Å². The SMILES string of the molecule is C1=C(c2ccccc2)CCc2c1cccc2CCCOC1CCCCO1. The second-order valence-corrected chi connectivity index (χ2v) is 7.29. The third-order valence-corrected chi connectivity index (χ3v) is 5.46. The van der Waals surface area contributed by atoms with Gasteiger partial charge < -0.3 is 9.47 Å². The summed E-state index contributed by atoms with van der Waals surface area (Å²) in [6.07, 6.45) is 10.3. The number of ether oxygens (including phenoxy) is 2. The molecule has 1 aliphatic heterocycles. The molecule has 2 aromatic rings. The Morgan fingerprint density at radius 2 is 1.88 bits per heavy atom. The molecule has 1 unspecified atom stereocenters. The minimum absolute atomic E-state index is 0.0322. The lowest BCUT2D eigenvalue weighted by Crippen LogP contribution is -2.22. The molecule has 0 spiro atoms. The highest BCUT2D eigenvalue weighted by Gasteiger charge is 2.16. The van der Waals surface area contributed by atoms with Gasteiger partial charge >= 0.3 is 0 Å². The Bertz CT molecular complexity index is 742. The molecule has 2 heteroatoms. The molecule has 26 heavy (non-hydrogen) atoms. The average molecular weight is 348 g/mol. The van der Waals surface area contributed by atoms with Crippen molar-refractivity contribution in [2.75, 3.05) is 13.2 Å². The highest BCUT2D eigenvalue weighted by molar-refractivity contribution is 5.84. The van der Waals surface area contributed by atoms with Gasteiger partial charge in [0.2, 0.25) is 0 Å². The van der Waals surface area contributed by atoms with Crippen LogP contribution in [0.2, 0.25) is 0 Å². The van der Waals surface area contributed by atoms with E-state index in [-0.39, 0.29) is 6.29 Å². The molecule has 0 radical (unpaired) electrons. The van der Waals surface area contributed by atoms with E-state index < -0.39 is 0 Å². The van der Waals surface area contributed by atoms with Crippen LogP contribution in [0.1, 0.15) is 54.4 Å². The van der Waals surface area contributed by atoms with Crippen molar-refractivity contribution < 1.29 is 9.47 Å². The lowest BCUT2D eigenvalue weighted by Gasteiger charge is -2.23. The van der Waals surface area contributed by atoms with Gasteiger partial charge in [-0.25, -0.2) is 0 Å². The number of fused-ring (bicyclic) bond motifs is 1. The van der Waals surface area contributed by atoms with Gasteiger partial charge in [-0.1, -0.05) is 54.6 Å². The summed E-state index contributed by atoms with van der Waals surface area (Å²) >= 11 is 0. The number of allylic oxidation sites excluding steroid dienone is 1. The zero-order valence-corrected chi connectivity index (χ0v) is 15.5. The van der Waals surface area contributed by atoms with Gasteiger partial charge in [0.1, 0.15) is 0 Å². The van der Waals surface area contributed by atoms with Crippen molar-refractivity contribution in [3.8, 4) is 0 Å². The van der Waals surface area contributed by atoms with Crippen LogP contribution in [0.4, 0.5) is 0 Å². The minimum atomic E-state index is 0.0322. The number of benzene rings is 2. The van der Waals surface area contributed by atoms with Crippen LogP contribution in [0, 0.1) is 0 Å². The lowest BCUT2D eigenvalue weighted by molar-refractivity contribution is -0.162. The molecule has 2 aromatic carbocycles. The van der Waals surface area contributed by atoms with Crippen molar-refractivity contribution in [1.82, 2.24) is 0 Å². The van der Waals surface area contributed by atoms with Crippen LogP contribution in [0.25, 0.3) is 11.6 Å². The highest BCUT2D eigenvalue weighted by Crippen LogP contribution is 2.32. The second kappa shape index (κ2) is 8.66. The zero-order valence-electron chi connectivity index (χ0n) is 15.5. The molecule has 136 valence electrons. The quantitative estimate of drug-likeness (QED) is 0.628. The van der Waals surface area contributed by atoms with Crippen LogP contribution in [0.15, 0.2) is 48.5 Å². The van der Waals surface area contributed by atoms with Crippen LogP contribution in [0.5, 0.6) is 0 Å². The van der Waals surface area contributed by atoms with E-state index >= 15 is 0 Å². The normalized spacial score (nSPS) is 19.7. The van der Waals surface area contributed by atoms with Gasteiger partial charge in [0.15, 0.2) is 6.29 Å². The first-order chi connectivity index (χ1) is 12.9. The number of rotatable bonds is 6. The summed E-state index contributed by atoms with van der Waals surface area (Å²) in [6, 6.07) is 17.5. The van der Waals surface area contributed by atoms with Gasteiger partial charge in [0, 0.05) is 6.61 Å². The summed E-state index contributed by atoms with van der Waals surface area (Å²) in [5.41, 5.74) is 7.21. The Morgan fingerprint density at radius 3 is 2.73 bits per heavy atom. The lowest BCUT2D eigenvalue weighted by atomic mass is 9.85. The summed E-state index contributed by atoms with van der Waals surface area (Å²) in [6.45, 7) is 1.65. The number of hydrogen-bond donors (Lipinski definition) is 0. The molecule has 0 saturated carbocycles. The largest absolute Gasteiger partial charge is 0.353 e. The standard InChI is InChI=1S/C24H28O2/c1-2-8-19(9-3-1)21-14-15-23-20(10-6-11-22(23)18-21)12-7-17-26-24-13-4-5-16-25-24/h1-3,6,8-11,18,24H,4-5,7,12-17H2. The molecule has 0 aromatic heterocycles. The van der Waals surface area contributed by atoms with E-state index in [2.05, 4.69) is 54.6 Å². The Kier molecular flexibility index (Phi) is 5.83. The molecule has 0 amide bonds. The molecule has 4 rings (SSSR count). The summed E-state index contributed by atoms with van der Waals surface area (Å²) in [5.74, 6) is 0. The highest BCUT2D eigenvalue weighted by atomic mass is 16.7. The van der Waals surface area contributed by atoms with E-state index in [4.69, 9.17) is 9.47 Å². The molecule has 1 atom stereocenters. The van der Waals surface area contributed by atoms with Gasteiger partial charge in [-0.05, 0) is 72.8 Å². The van der Waals surface area contributed by atoms with Crippen molar-refractivity contribution in [3.05, 3.63) is 70.8 Å². The van der Waals surface area contributed by atoms with E-state index in [1.54, 1.807) is 0 Å². The molecular weight excluding hydrogens is 320 g/mol. The molecule has 2 nitrogen and oxygen atoms in total. The monoisotopic (exact) mass is 348 g/mol. The molecule has 1 fully saturated rings. The second-order valence-electron chi connectivity index (χ2n) is 7.29. The number of aryl methyl sites for hydroxylation is 1.